The number of rotatable bonds is 10. The fourth-order valence-electron chi connectivity index (χ4n) is 3.01. The number of nitrogens with zero attached hydrogens (tertiary/aromatic N) is 2. The summed E-state index contributed by atoms with van der Waals surface area (Å²) in [5.41, 5.74) is 1.64. The highest BCUT2D eigenvalue weighted by Crippen LogP contribution is 2.18. The monoisotopic (exact) mass is 378 g/mol. The molecule has 0 aliphatic carbocycles. The number of benzene rings is 1. The molecule has 1 amide bonds. The molecule has 0 radical (unpaired) electrons. The molecule has 1 aliphatic rings. The van der Waals surface area contributed by atoms with E-state index >= 15 is 0 Å². The van der Waals surface area contributed by atoms with E-state index in [-0.39, 0.29) is 12.5 Å². The summed E-state index contributed by atoms with van der Waals surface area (Å²) in [4.78, 5) is 28.0. The minimum Gasteiger partial charge on any atom is -0.481 e. The van der Waals surface area contributed by atoms with Gasteiger partial charge in [-0.3, -0.25) is 9.59 Å². The molecule has 2 rings (SSSR count). The Morgan fingerprint density at radius 2 is 1.93 bits per heavy atom. The SMILES string of the molecule is CCOCCCN(CC(C)C(=O)O)C(=O)c1ccc(N2CCOCC2)cc1. The quantitative estimate of drug-likeness (QED) is 0.628. The van der Waals surface area contributed by atoms with E-state index in [1.54, 1.807) is 11.8 Å². The third-order valence-electron chi connectivity index (χ3n) is 4.61. The van der Waals surface area contributed by atoms with Gasteiger partial charge in [-0.1, -0.05) is 6.92 Å². The number of hydrogen-bond donors (Lipinski definition) is 1. The average molecular weight is 378 g/mol. The van der Waals surface area contributed by atoms with Crippen molar-refractivity contribution in [1.29, 1.82) is 0 Å². The van der Waals surface area contributed by atoms with Crippen molar-refractivity contribution in [2.24, 2.45) is 5.92 Å². The van der Waals surface area contributed by atoms with Gasteiger partial charge in [-0.15, -0.1) is 0 Å². The van der Waals surface area contributed by atoms with E-state index in [0.717, 1.165) is 18.8 Å². The van der Waals surface area contributed by atoms with Crippen molar-refractivity contribution in [2.45, 2.75) is 20.3 Å². The molecule has 0 aromatic heterocycles. The van der Waals surface area contributed by atoms with Crippen molar-refractivity contribution < 1.29 is 24.2 Å². The first-order chi connectivity index (χ1) is 13.0. The van der Waals surface area contributed by atoms with Crippen molar-refractivity contribution in [3.05, 3.63) is 29.8 Å². The van der Waals surface area contributed by atoms with Gasteiger partial charge in [-0.05, 0) is 37.6 Å². The molecule has 1 fully saturated rings. The summed E-state index contributed by atoms with van der Waals surface area (Å²) < 4.78 is 10.7. The molecule has 0 spiro atoms. The summed E-state index contributed by atoms with van der Waals surface area (Å²) in [5.74, 6) is -1.66. The van der Waals surface area contributed by atoms with Crippen LogP contribution in [0.5, 0.6) is 0 Å². The Morgan fingerprint density at radius 3 is 2.52 bits per heavy atom. The minimum absolute atomic E-state index is 0.145. The summed E-state index contributed by atoms with van der Waals surface area (Å²) in [6.45, 7) is 8.48. The largest absolute Gasteiger partial charge is 0.481 e. The Kier molecular flexibility index (Phi) is 8.54. The molecule has 1 saturated heterocycles. The Bertz CT molecular complexity index is 599. The van der Waals surface area contributed by atoms with Gasteiger partial charge >= 0.3 is 5.97 Å². The van der Waals surface area contributed by atoms with Crippen LogP contribution in [0, 0.1) is 5.92 Å². The maximum Gasteiger partial charge on any atom is 0.308 e. The number of anilines is 1. The molecule has 0 bridgehead atoms. The Balaban J connectivity index is 2.04. The number of carbonyl (C=O) groups excluding carboxylic acids is 1. The molecule has 1 aromatic rings. The van der Waals surface area contributed by atoms with Gasteiger partial charge in [-0.2, -0.15) is 0 Å². The lowest BCUT2D eigenvalue weighted by atomic mass is 10.1. The van der Waals surface area contributed by atoms with Gasteiger partial charge in [-0.25, -0.2) is 0 Å². The molecule has 1 heterocycles. The molecule has 1 aromatic carbocycles. The lowest BCUT2D eigenvalue weighted by Crippen LogP contribution is -2.38. The molecule has 150 valence electrons. The first-order valence-corrected chi connectivity index (χ1v) is 9.55. The number of amides is 1. The fraction of sp³-hybridized carbons (Fsp3) is 0.600. The zero-order chi connectivity index (χ0) is 19.6. The Morgan fingerprint density at radius 1 is 1.26 bits per heavy atom. The lowest BCUT2D eigenvalue weighted by Gasteiger charge is -2.29. The molecule has 1 unspecified atom stereocenters. The van der Waals surface area contributed by atoms with Crippen LogP contribution < -0.4 is 4.90 Å². The van der Waals surface area contributed by atoms with Crippen LogP contribution in [0.4, 0.5) is 5.69 Å². The smallest absolute Gasteiger partial charge is 0.308 e. The second-order valence-electron chi connectivity index (χ2n) is 6.69. The molecule has 1 N–H and O–H groups in total. The van der Waals surface area contributed by atoms with Crippen LogP contribution in [0.25, 0.3) is 0 Å². The number of carbonyl (C=O) groups is 2. The van der Waals surface area contributed by atoms with Gasteiger partial charge in [0.05, 0.1) is 19.1 Å². The number of carboxylic acids is 1. The predicted molar refractivity (Wildman–Crippen MR) is 103 cm³/mol. The number of morpholine rings is 1. The van der Waals surface area contributed by atoms with Crippen LogP contribution in [-0.4, -0.2) is 74.5 Å². The summed E-state index contributed by atoms with van der Waals surface area (Å²) in [7, 11) is 0. The minimum atomic E-state index is -0.903. The van der Waals surface area contributed by atoms with Gasteiger partial charge in [0.15, 0.2) is 0 Å². The van der Waals surface area contributed by atoms with E-state index in [4.69, 9.17) is 9.47 Å². The van der Waals surface area contributed by atoms with Crippen molar-refractivity contribution in [3.63, 3.8) is 0 Å². The molecule has 27 heavy (non-hydrogen) atoms. The maximum atomic E-state index is 12.9. The van der Waals surface area contributed by atoms with Crippen LogP contribution in [0.1, 0.15) is 30.6 Å². The summed E-state index contributed by atoms with van der Waals surface area (Å²) in [5, 5.41) is 9.20. The normalized spacial score (nSPS) is 15.4. The van der Waals surface area contributed by atoms with E-state index in [9.17, 15) is 14.7 Å². The van der Waals surface area contributed by atoms with Gasteiger partial charge in [0, 0.05) is 50.6 Å². The topological polar surface area (TPSA) is 79.3 Å². The number of aliphatic carboxylic acids is 1. The number of ether oxygens (including phenoxy) is 2. The summed E-state index contributed by atoms with van der Waals surface area (Å²) in [6.07, 6.45) is 0.678. The van der Waals surface area contributed by atoms with E-state index in [1.165, 1.54) is 0 Å². The Hall–Kier alpha value is -2.12. The molecule has 0 saturated carbocycles. The highest BCUT2D eigenvalue weighted by molar-refractivity contribution is 5.94. The maximum absolute atomic E-state index is 12.9. The number of hydrogen-bond acceptors (Lipinski definition) is 5. The third-order valence-corrected chi connectivity index (χ3v) is 4.61. The molecule has 7 nitrogen and oxygen atoms in total. The third kappa shape index (κ3) is 6.52. The van der Waals surface area contributed by atoms with Crippen molar-refractivity contribution in [2.75, 3.05) is 57.5 Å². The standard InChI is InChI=1S/C20H30N2O5/c1-3-26-12-4-9-22(15-16(2)20(24)25)19(23)17-5-7-18(8-6-17)21-10-13-27-14-11-21/h5-8,16H,3-4,9-15H2,1-2H3,(H,24,25). The van der Waals surface area contributed by atoms with Gasteiger partial charge in [0.2, 0.25) is 0 Å². The van der Waals surface area contributed by atoms with E-state index in [0.29, 0.717) is 45.0 Å². The Labute approximate surface area is 160 Å². The molecule has 1 atom stereocenters. The van der Waals surface area contributed by atoms with Crippen molar-refractivity contribution >= 4 is 17.6 Å². The van der Waals surface area contributed by atoms with E-state index in [1.807, 2.05) is 31.2 Å². The zero-order valence-corrected chi connectivity index (χ0v) is 16.2. The van der Waals surface area contributed by atoms with E-state index < -0.39 is 11.9 Å². The van der Waals surface area contributed by atoms with Gasteiger partial charge < -0.3 is 24.4 Å². The first-order valence-electron chi connectivity index (χ1n) is 9.55. The average Bonchev–Trinajstić information content (AvgIpc) is 2.70. The molecule has 1 aliphatic heterocycles. The molecular weight excluding hydrogens is 348 g/mol. The van der Waals surface area contributed by atoms with Crippen LogP contribution >= 0.6 is 0 Å². The summed E-state index contributed by atoms with van der Waals surface area (Å²) >= 11 is 0. The second kappa shape index (κ2) is 10.9. The lowest BCUT2D eigenvalue weighted by molar-refractivity contribution is -0.141. The molecule has 7 heteroatoms. The van der Waals surface area contributed by atoms with E-state index in [2.05, 4.69) is 4.90 Å². The molecular formula is C20H30N2O5. The van der Waals surface area contributed by atoms with Gasteiger partial charge in [0.25, 0.3) is 5.91 Å². The van der Waals surface area contributed by atoms with Crippen molar-refractivity contribution in [3.8, 4) is 0 Å². The van der Waals surface area contributed by atoms with Crippen LogP contribution in [0.2, 0.25) is 0 Å². The van der Waals surface area contributed by atoms with Crippen LogP contribution in [0.15, 0.2) is 24.3 Å². The fourth-order valence-corrected chi connectivity index (χ4v) is 3.01. The van der Waals surface area contributed by atoms with Crippen molar-refractivity contribution in [1.82, 2.24) is 4.90 Å². The van der Waals surface area contributed by atoms with Gasteiger partial charge in [0.1, 0.15) is 0 Å². The predicted octanol–water partition coefficient (Wildman–Crippen LogP) is 2.11. The van der Waals surface area contributed by atoms with Crippen LogP contribution in [0.3, 0.4) is 0 Å². The highest BCUT2D eigenvalue weighted by atomic mass is 16.5. The zero-order valence-electron chi connectivity index (χ0n) is 16.2. The number of carboxylic acid groups (broad SMARTS) is 1. The summed E-state index contributed by atoms with van der Waals surface area (Å²) in [6, 6.07) is 7.51. The first kappa shape index (κ1) is 21.2. The van der Waals surface area contributed by atoms with Crippen LogP contribution in [-0.2, 0) is 14.3 Å². The highest BCUT2D eigenvalue weighted by Gasteiger charge is 2.22. The second-order valence-corrected chi connectivity index (χ2v) is 6.69.